The molecule has 0 aliphatic rings. The van der Waals surface area contributed by atoms with Crippen LogP contribution in [0.3, 0.4) is 0 Å². The highest BCUT2D eigenvalue weighted by Gasteiger charge is 2.19. The van der Waals surface area contributed by atoms with E-state index in [9.17, 15) is 25.0 Å². The third-order valence-corrected chi connectivity index (χ3v) is 4.95. The van der Waals surface area contributed by atoms with Crippen molar-refractivity contribution in [1.29, 1.82) is 5.26 Å². The van der Waals surface area contributed by atoms with Gasteiger partial charge in [-0.25, -0.2) is 4.79 Å². The number of hydrogen-bond acceptors (Lipinski definition) is 7. The number of carbonyl (C=O) groups excluding carboxylic acids is 2. The second kappa shape index (κ2) is 10.8. The van der Waals surface area contributed by atoms with E-state index in [0.29, 0.717) is 16.7 Å². The molecule has 35 heavy (non-hydrogen) atoms. The zero-order valence-corrected chi connectivity index (χ0v) is 19.2. The van der Waals surface area contributed by atoms with Crippen LogP contribution in [0.15, 0.2) is 66.2 Å². The Morgan fingerprint density at radius 3 is 2.31 bits per heavy atom. The molecule has 0 aliphatic heterocycles. The highest BCUT2D eigenvalue weighted by atomic mass is 16.6. The molecular weight excluding hydrogens is 450 g/mol. The molecule has 9 nitrogen and oxygen atoms in total. The number of nitrogens with one attached hydrogen (secondary N) is 1. The van der Waals surface area contributed by atoms with Crippen molar-refractivity contribution in [3.05, 3.63) is 98.6 Å². The van der Waals surface area contributed by atoms with Gasteiger partial charge in [-0.15, -0.1) is 0 Å². The van der Waals surface area contributed by atoms with Gasteiger partial charge in [-0.3, -0.25) is 14.9 Å². The number of hydrogen-bond donors (Lipinski definition) is 1. The molecule has 0 heterocycles. The molecule has 0 bridgehead atoms. The van der Waals surface area contributed by atoms with Crippen molar-refractivity contribution in [3.63, 3.8) is 0 Å². The van der Waals surface area contributed by atoms with Crippen molar-refractivity contribution in [2.75, 3.05) is 12.4 Å². The van der Waals surface area contributed by atoms with Crippen molar-refractivity contribution in [1.82, 2.24) is 0 Å². The smallest absolute Gasteiger partial charge is 0.343 e. The van der Waals surface area contributed by atoms with Crippen LogP contribution < -0.4 is 14.8 Å². The number of rotatable bonds is 7. The molecular formula is C26H21N3O6. The van der Waals surface area contributed by atoms with Crippen LogP contribution in [0.5, 0.6) is 11.5 Å². The first kappa shape index (κ1) is 24.7. The Balaban J connectivity index is 1.83. The summed E-state index contributed by atoms with van der Waals surface area (Å²) in [6.07, 6.45) is 1.30. The summed E-state index contributed by atoms with van der Waals surface area (Å²) in [7, 11) is 1.39. The van der Waals surface area contributed by atoms with Gasteiger partial charge in [0.25, 0.3) is 11.6 Å². The van der Waals surface area contributed by atoms with Crippen LogP contribution in [0.1, 0.15) is 27.0 Å². The quantitative estimate of drug-likeness (QED) is 0.128. The van der Waals surface area contributed by atoms with Gasteiger partial charge >= 0.3 is 5.97 Å². The molecule has 0 aliphatic carbocycles. The Hall–Kier alpha value is -4.97. The van der Waals surface area contributed by atoms with Crippen LogP contribution in [0, 0.1) is 35.3 Å². The zero-order valence-electron chi connectivity index (χ0n) is 19.2. The van der Waals surface area contributed by atoms with Crippen molar-refractivity contribution >= 4 is 29.3 Å². The van der Waals surface area contributed by atoms with Gasteiger partial charge in [-0.2, -0.15) is 5.26 Å². The maximum absolute atomic E-state index is 12.6. The van der Waals surface area contributed by atoms with E-state index in [1.807, 2.05) is 6.92 Å². The average Bonchev–Trinajstić information content (AvgIpc) is 2.84. The number of nitro benzene ring substituents is 1. The van der Waals surface area contributed by atoms with E-state index in [1.165, 1.54) is 37.5 Å². The number of ether oxygens (including phenoxy) is 2. The minimum atomic E-state index is -0.812. The molecule has 176 valence electrons. The van der Waals surface area contributed by atoms with Gasteiger partial charge in [0.2, 0.25) is 0 Å². The fourth-order valence-corrected chi connectivity index (χ4v) is 3.11. The van der Waals surface area contributed by atoms with Crippen LogP contribution in [-0.4, -0.2) is 23.9 Å². The Kier molecular flexibility index (Phi) is 7.59. The number of methoxy groups -OCH3 is 1. The first-order valence-corrected chi connectivity index (χ1v) is 10.4. The summed E-state index contributed by atoms with van der Waals surface area (Å²) in [6, 6.07) is 17.5. The Morgan fingerprint density at radius 1 is 1.00 bits per heavy atom. The minimum Gasteiger partial charge on any atom is -0.493 e. The summed E-state index contributed by atoms with van der Waals surface area (Å²) in [5, 5.41) is 23.2. The minimum absolute atomic E-state index is 0.0253. The highest BCUT2D eigenvalue weighted by molar-refractivity contribution is 6.10. The van der Waals surface area contributed by atoms with Gasteiger partial charge in [0, 0.05) is 6.07 Å². The predicted molar refractivity (Wildman–Crippen MR) is 129 cm³/mol. The van der Waals surface area contributed by atoms with E-state index in [1.54, 1.807) is 49.4 Å². The Morgan fingerprint density at radius 2 is 1.69 bits per heavy atom. The van der Waals surface area contributed by atoms with E-state index < -0.39 is 16.8 Å². The molecule has 0 atom stereocenters. The molecule has 0 spiro atoms. The molecule has 3 aromatic rings. The third-order valence-electron chi connectivity index (χ3n) is 4.95. The lowest BCUT2D eigenvalue weighted by Gasteiger charge is -2.10. The fraction of sp³-hybridized carbons (Fsp3) is 0.115. The summed E-state index contributed by atoms with van der Waals surface area (Å²) in [6.45, 7) is 3.59. The van der Waals surface area contributed by atoms with Gasteiger partial charge in [-0.1, -0.05) is 29.8 Å². The van der Waals surface area contributed by atoms with E-state index in [4.69, 9.17) is 9.47 Å². The van der Waals surface area contributed by atoms with Crippen LogP contribution >= 0.6 is 0 Å². The van der Waals surface area contributed by atoms with Crippen molar-refractivity contribution in [2.45, 2.75) is 13.8 Å². The molecule has 0 unspecified atom stereocenters. The van der Waals surface area contributed by atoms with Crippen LogP contribution in [0.2, 0.25) is 0 Å². The number of carbonyl (C=O) groups is 2. The second-order valence-electron chi connectivity index (χ2n) is 7.57. The van der Waals surface area contributed by atoms with Gasteiger partial charge in [-0.05, 0) is 61.4 Å². The molecule has 0 saturated carbocycles. The average molecular weight is 471 g/mol. The molecule has 0 aromatic heterocycles. The largest absolute Gasteiger partial charge is 0.493 e. The van der Waals surface area contributed by atoms with Gasteiger partial charge in [0.15, 0.2) is 11.5 Å². The highest BCUT2D eigenvalue weighted by Crippen LogP contribution is 2.30. The van der Waals surface area contributed by atoms with Crippen molar-refractivity contribution in [2.24, 2.45) is 0 Å². The predicted octanol–water partition coefficient (Wildman–Crippen LogP) is 4.99. The van der Waals surface area contributed by atoms with Crippen LogP contribution in [-0.2, 0) is 4.79 Å². The number of nitro groups is 1. The summed E-state index contributed by atoms with van der Waals surface area (Å²) in [5.74, 6) is -1.00. The van der Waals surface area contributed by atoms with E-state index in [2.05, 4.69) is 5.32 Å². The molecule has 9 heteroatoms. The summed E-state index contributed by atoms with van der Waals surface area (Å²) in [5.41, 5.74) is 1.86. The maximum atomic E-state index is 12.6. The van der Waals surface area contributed by atoms with E-state index in [0.717, 1.165) is 5.56 Å². The molecule has 1 amide bonds. The van der Waals surface area contributed by atoms with Crippen molar-refractivity contribution in [3.8, 4) is 17.6 Å². The maximum Gasteiger partial charge on any atom is 0.343 e. The number of amides is 1. The number of aryl methyl sites for hydroxylation is 2. The SMILES string of the molecule is COc1cc(/C=C(\C#N)C(=O)Nc2ccc(C)cc2[N+](=O)[O-])ccc1OC(=O)c1ccc(C)cc1. The topological polar surface area (TPSA) is 132 Å². The van der Waals surface area contributed by atoms with E-state index in [-0.39, 0.29) is 28.4 Å². The molecule has 0 radical (unpaired) electrons. The normalized spacial score (nSPS) is 10.7. The number of nitriles is 1. The number of esters is 1. The number of benzene rings is 3. The molecule has 1 N–H and O–H groups in total. The van der Waals surface area contributed by atoms with Crippen molar-refractivity contribution < 1.29 is 24.0 Å². The van der Waals surface area contributed by atoms with E-state index >= 15 is 0 Å². The second-order valence-corrected chi connectivity index (χ2v) is 7.57. The molecule has 0 saturated heterocycles. The molecule has 0 fully saturated rings. The Bertz CT molecular complexity index is 1370. The van der Waals surface area contributed by atoms with Gasteiger partial charge in [0.05, 0.1) is 17.6 Å². The number of anilines is 1. The summed E-state index contributed by atoms with van der Waals surface area (Å²) < 4.78 is 10.7. The van der Waals surface area contributed by atoms with Crippen LogP contribution in [0.25, 0.3) is 6.08 Å². The van der Waals surface area contributed by atoms with Gasteiger partial charge in [0.1, 0.15) is 17.3 Å². The zero-order chi connectivity index (χ0) is 25.5. The standard InChI is InChI=1S/C26H21N3O6/c1-16-4-8-19(9-5-16)26(31)35-23-11-7-18(14-24(23)34-3)13-20(15-27)25(30)28-21-10-6-17(2)12-22(21)29(32)33/h4-14H,1-3H3,(H,28,30)/b20-13+. The monoisotopic (exact) mass is 471 g/mol. The lowest BCUT2D eigenvalue weighted by atomic mass is 10.1. The lowest BCUT2D eigenvalue weighted by molar-refractivity contribution is -0.384. The molecule has 3 rings (SSSR count). The third kappa shape index (κ3) is 6.09. The first-order valence-electron chi connectivity index (χ1n) is 10.4. The first-order chi connectivity index (χ1) is 16.7. The molecule has 3 aromatic carbocycles. The Labute approximate surface area is 201 Å². The lowest BCUT2D eigenvalue weighted by Crippen LogP contribution is -2.14. The fourth-order valence-electron chi connectivity index (χ4n) is 3.11. The summed E-state index contributed by atoms with van der Waals surface area (Å²) in [4.78, 5) is 35.7. The summed E-state index contributed by atoms with van der Waals surface area (Å²) >= 11 is 0. The number of nitrogens with zero attached hydrogens (tertiary/aromatic N) is 2. The van der Waals surface area contributed by atoms with Crippen LogP contribution in [0.4, 0.5) is 11.4 Å². The van der Waals surface area contributed by atoms with Gasteiger partial charge < -0.3 is 14.8 Å².